The molecule has 0 aliphatic carbocycles. The van der Waals surface area contributed by atoms with Crippen LogP contribution >= 0.6 is 11.6 Å². The molecule has 0 unspecified atom stereocenters. The molecule has 0 spiro atoms. The Hall–Kier alpha value is -1.82. The van der Waals surface area contributed by atoms with Crippen LogP contribution in [0.2, 0.25) is 5.15 Å². The standard InChI is InChI=1S/C11H6ClN5OSe/c12-9-5-4-8(14-15-9)11(18)13-6-2-1-3-7-10(6)17-19-16-7/h1-5H,(H,13,18). The van der Waals surface area contributed by atoms with E-state index < -0.39 is 0 Å². The fourth-order valence-electron chi connectivity index (χ4n) is 1.53. The van der Waals surface area contributed by atoms with Crippen molar-refractivity contribution in [1.82, 2.24) is 18.2 Å². The monoisotopic (exact) mass is 339 g/mol. The molecule has 2 heterocycles. The number of rotatable bonds is 2. The van der Waals surface area contributed by atoms with Gasteiger partial charge in [0.1, 0.15) is 0 Å². The van der Waals surface area contributed by atoms with Gasteiger partial charge in [-0.2, -0.15) is 0 Å². The van der Waals surface area contributed by atoms with Gasteiger partial charge in [0, 0.05) is 0 Å². The van der Waals surface area contributed by atoms with Gasteiger partial charge in [-0.25, -0.2) is 0 Å². The van der Waals surface area contributed by atoms with Crippen LogP contribution in [0.5, 0.6) is 0 Å². The van der Waals surface area contributed by atoms with Gasteiger partial charge in [0.25, 0.3) is 0 Å². The van der Waals surface area contributed by atoms with E-state index >= 15 is 0 Å². The van der Waals surface area contributed by atoms with Crippen molar-refractivity contribution in [2.45, 2.75) is 0 Å². The summed E-state index contributed by atoms with van der Waals surface area (Å²) in [7, 11) is 0. The van der Waals surface area contributed by atoms with Gasteiger partial charge in [-0.1, -0.05) is 0 Å². The predicted molar refractivity (Wildman–Crippen MR) is 71.5 cm³/mol. The van der Waals surface area contributed by atoms with E-state index in [4.69, 9.17) is 11.6 Å². The van der Waals surface area contributed by atoms with Crippen molar-refractivity contribution >= 4 is 49.2 Å². The third kappa shape index (κ3) is 2.49. The molecule has 3 rings (SSSR count). The Morgan fingerprint density at radius 2 is 2.05 bits per heavy atom. The molecule has 0 atom stereocenters. The Morgan fingerprint density at radius 1 is 1.16 bits per heavy atom. The van der Waals surface area contributed by atoms with Gasteiger partial charge in [0.05, 0.1) is 0 Å². The van der Waals surface area contributed by atoms with E-state index in [-0.39, 0.29) is 31.7 Å². The van der Waals surface area contributed by atoms with Gasteiger partial charge in [0.15, 0.2) is 0 Å². The molecule has 0 radical (unpaired) electrons. The van der Waals surface area contributed by atoms with Crippen LogP contribution in [0.25, 0.3) is 11.0 Å². The van der Waals surface area contributed by atoms with E-state index in [0.717, 1.165) is 11.0 Å². The summed E-state index contributed by atoms with van der Waals surface area (Å²) in [6.07, 6.45) is 0. The number of amides is 1. The van der Waals surface area contributed by atoms with Gasteiger partial charge >= 0.3 is 119 Å². The van der Waals surface area contributed by atoms with Crippen LogP contribution in [0.15, 0.2) is 30.3 Å². The number of nitrogens with one attached hydrogen (secondary N) is 1. The predicted octanol–water partition coefficient (Wildman–Crippen LogP) is 1.38. The van der Waals surface area contributed by atoms with Crippen LogP contribution in [-0.2, 0) is 0 Å². The Morgan fingerprint density at radius 3 is 2.84 bits per heavy atom. The molecule has 1 N–H and O–H groups in total. The van der Waals surface area contributed by atoms with Crippen LogP contribution < -0.4 is 5.32 Å². The second-order valence-corrected chi connectivity index (χ2v) is 5.13. The van der Waals surface area contributed by atoms with Crippen molar-refractivity contribution in [3.8, 4) is 0 Å². The molecule has 0 saturated carbocycles. The quantitative estimate of drug-likeness (QED) is 0.714. The molecular weight excluding hydrogens is 333 g/mol. The number of halogens is 1. The third-order valence-corrected chi connectivity index (χ3v) is 3.74. The third-order valence-electron chi connectivity index (χ3n) is 2.40. The van der Waals surface area contributed by atoms with E-state index in [0.29, 0.717) is 5.69 Å². The number of carbonyl (C=O) groups is 1. The normalized spacial score (nSPS) is 10.6. The number of hydrogen-bond acceptors (Lipinski definition) is 5. The molecule has 0 aliphatic rings. The summed E-state index contributed by atoms with van der Waals surface area (Å²) in [6, 6.07) is 8.50. The Balaban J connectivity index is 1.90. The first-order chi connectivity index (χ1) is 9.24. The molecule has 0 bridgehead atoms. The molecule has 6 nitrogen and oxygen atoms in total. The van der Waals surface area contributed by atoms with Crippen LogP contribution in [0.1, 0.15) is 10.5 Å². The number of nitrogens with zero attached hydrogens (tertiary/aromatic N) is 4. The van der Waals surface area contributed by atoms with Crippen molar-refractivity contribution in [3.05, 3.63) is 41.2 Å². The topological polar surface area (TPSA) is 80.7 Å². The molecule has 1 aromatic carbocycles. The molecular formula is C11H6ClN5OSe. The maximum absolute atomic E-state index is 12.0. The minimum absolute atomic E-state index is 0.136. The molecule has 2 aromatic heterocycles. The van der Waals surface area contributed by atoms with E-state index in [9.17, 15) is 4.79 Å². The first-order valence-corrected chi connectivity index (χ1v) is 7.17. The summed E-state index contributed by atoms with van der Waals surface area (Å²) >= 11 is 5.49. The number of carbonyl (C=O) groups excluding carboxylic acids is 1. The van der Waals surface area contributed by atoms with E-state index in [2.05, 4.69) is 23.5 Å². The fraction of sp³-hybridized carbons (Fsp3) is 0. The summed E-state index contributed by atoms with van der Waals surface area (Å²) in [6.45, 7) is 0. The zero-order chi connectivity index (χ0) is 13.2. The van der Waals surface area contributed by atoms with Crippen molar-refractivity contribution in [1.29, 1.82) is 0 Å². The molecule has 3 aromatic rings. The molecule has 0 fully saturated rings. The average molecular weight is 339 g/mol. The molecule has 94 valence electrons. The second kappa shape index (κ2) is 5.05. The SMILES string of the molecule is O=C(Nc1cccc2n[se]nc12)c1ccc(Cl)nn1. The molecule has 8 heteroatoms. The van der Waals surface area contributed by atoms with E-state index in [1.807, 2.05) is 12.1 Å². The average Bonchev–Trinajstić information content (AvgIpc) is 2.89. The minimum atomic E-state index is -0.354. The number of benzene rings is 1. The first-order valence-electron chi connectivity index (χ1n) is 5.26. The fourth-order valence-corrected chi connectivity index (χ4v) is 2.78. The van der Waals surface area contributed by atoms with Crippen molar-refractivity contribution in [2.24, 2.45) is 0 Å². The van der Waals surface area contributed by atoms with Crippen LogP contribution in [0.3, 0.4) is 0 Å². The van der Waals surface area contributed by atoms with Crippen molar-refractivity contribution < 1.29 is 4.79 Å². The second-order valence-electron chi connectivity index (χ2n) is 3.63. The van der Waals surface area contributed by atoms with Gasteiger partial charge in [0.2, 0.25) is 0 Å². The van der Waals surface area contributed by atoms with Crippen molar-refractivity contribution in [3.63, 3.8) is 0 Å². The van der Waals surface area contributed by atoms with E-state index in [1.54, 1.807) is 6.07 Å². The molecule has 19 heavy (non-hydrogen) atoms. The number of anilines is 1. The summed E-state index contributed by atoms with van der Waals surface area (Å²) in [5.74, 6) is -0.354. The number of fused-ring (bicyclic) bond motifs is 1. The van der Waals surface area contributed by atoms with Crippen LogP contribution in [-0.4, -0.2) is 39.0 Å². The summed E-state index contributed by atoms with van der Waals surface area (Å²) < 4.78 is 8.53. The summed E-state index contributed by atoms with van der Waals surface area (Å²) in [4.78, 5) is 12.0. The number of hydrogen-bond donors (Lipinski definition) is 1. The Labute approximate surface area is 119 Å². The zero-order valence-corrected chi connectivity index (χ0v) is 11.8. The van der Waals surface area contributed by atoms with Crippen molar-refractivity contribution in [2.75, 3.05) is 5.32 Å². The van der Waals surface area contributed by atoms with Crippen LogP contribution in [0.4, 0.5) is 5.69 Å². The number of aromatic nitrogens is 4. The Bertz CT molecular complexity index is 742. The first kappa shape index (κ1) is 12.2. The molecule has 1 amide bonds. The van der Waals surface area contributed by atoms with Gasteiger partial charge < -0.3 is 0 Å². The van der Waals surface area contributed by atoms with Gasteiger partial charge in [-0.15, -0.1) is 0 Å². The summed E-state index contributed by atoms with van der Waals surface area (Å²) in [5, 5.41) is 10.3. The van der Waals surface area contributed by atoms with Gasteiger partial charge in [-0.3, -0.25) is 0 Å². The summed E-state index contributed by atoms with van der Waals surface area (Å²) in [5.41, 5.74) is 2.35. The molecule has 0 aliphatic heterocycles. The van der Waals surface area contributed by atoms with Crippen LogP contribution in [0, 0.1) is 0 Å². The maximum atomic E-state index is 12.0. The molecule has 0 saturated heterocycles. The van der Waals surface area contributed by atoms with E-state index in [1.165, 1.54) is 12.1 Å². The van der Waals surface area contributed by atoms with Gasteiger partial charge in [-0.05, 0) is 0 Å². The zero-order valence-electron chi connectivity index (χ0n) is 9.37. The Kier molecular flexibility index (Phi) is 3.25.